The molecule has 0 spiro atoms. The van der Waals surface area contributed by atoms with E-state index in [-0.39, 0.29) is 12.0 Å². The Labute approximate surface area is 99.6 Å². The van der Waals surface area contributed by atoms with E-state index in [1.54, 1.807) is 0 Å². The van der Waals surface area contributed by atoms with E-state index in [1.165, 1.54) is 19.3 Å². The van der Waals surface area contributed by atoms with Crippen molar-refractivity contribution in [2.24, 2.45) is 0 Å². The first-order valence-electron chi connectivity index (χ1n) is 6.65. The number of unbranched alkanes of at least 4 members (excludes halogenated alkanes) is 4. The number of rotatable bonds is 10. The van der Waals surface area contributed by atoms with E-state index >= 15 is 0 Å². The molecule has 0 heterocycles. The Kier molecular flexibility index (Phi) is 10.5. The van der Waals surface area contributed by atoms with Crippen LogP contribution in [0.3, 0.4) is 0 Å². The highest BCUT2D eigenvalue weighted by atomic mass is 16.3. The molecule has 3 heteroatoms. The summed E-state index contributed by atoms with van der Waals surface area (Å²) in [5.74, 6) is 0.125. The number of hydrogen-bond donors (Lipinski definition) is 2. The van der Waals surface area contributed by atoms with Crippen LogP contribution < -0.4 is 5.32 Å². The number of carbonyl (C=O) groups excluding carboxylic acids is 1. The van der Waals surface area contributed by atoms with E-state index in [0.717, 1.165) is 19.3 Å². The van der Waals surface area contributed by atoms with Gasteiger partial charge < -0.3 is 10.4 Å². The van der Waals surface area contributed by atoms with Crippen LogP contribution in [0.15, 0.2) is 0 Å². The average Bonchev–Trinajstić information content (AvgIpc) is 2.28. The van der Waals surface area contributed by atoms with Gasteiger partial charge in [-0.15, -0.1) is 0 Å². The molecular weight excluding hydrogens is 202 g/mol. The molecule has 1 unspecified atom stereocenters. The SMILES string of the molecule is CCCCCCCC(=O)NCCC(O)CC. The van der Waals surface area contributed by atoms with Crippen molar-refractivity contribution in [2.45, 2.75) is 71.3 Å². The van der Waals surface area contributed by atoms with Gasteiger partial charge in [-0.2, -0.15) is 0 Å². The zero-order valence-corrected chi connectivity index (χ0v) is 10.8. The van der Waals surface area contributed by atoms with Crippen molar-refractivity contribution >= 4 is 5.91 Å². The Morgan fingerprint density at radius 2 is 1.88 bits per heavy atom. The van der Waals surface area contributed by atoms with Crippen molar-refractivity contribution in [3.63, 3.8) is 0 Å². The van der Waals surface area contributed by atoms with Crippen LogP contribution in [0.5, 0.6) is 0 Å². The van der Waals surface area contributed by atoms with Gasteiger partial charge in [-0.1, -0.05) is 39.5 Å². The molecule has 2 N–H and O–H groups in total. The lowest BCUT2D eigenvalue weighted by molar-refractivity contribution is -0.121. The molecule has 1 atom stereocenters. The first kappa shape index (κ1) is 15.4. The molecule has 0 aromatic carbocycles. The molecule has 0 fully saturated rings. The quantitative estimate of drug-likeness (QED) is 0.566. The molecule has 0 aliphatic carbocycles. The number of aliphatic hydroxyl groups excluding tert-OH is 1. The first-order valence-corrected chi connectivity index (χ1v) is 6.65. The highest BCUT2D eigenvalue weighted by Crippen LogP contribution is 2.04. The molecule has 0 radical (unpaired) electrons. The topological polar surface area (TPSA) is 49.3 Å². The molecule has 0 aromatic heterocycles. The smallest absolute Gasteiger partial charge is 0.219 e. The summed E-state index contributed by atoms with van der Waals surface area (Å²) in [5, 5.41) is 12.1. The lowest BCUT2D eigenvalue weighted by Crippen LogP contribution is -2.26. The van der Waals surface area contributed by atoms with Gasteiger partial charge in [-0.3, -0.25) is 4.79 Å². The molecule has 0 aromatic rings. The van der Waals surface area contributed by atoms with Gasteiger partial charge >= 0.3 is 0 Å². The molecule has 96 valence electrons. The van der Waals surface area contributed by atoms with E-state index in [2.05, 4.69) is 12.2 Å². The van der Waals surface area contributed by atoms with Crippen molar-refractivity contribution in [3.05, 3.63) is 0 Å². The van der Waals surface area contributed by atoms with Gasteiger partial charge in [-0.05, 0) is 19.3 Å². The molecule has 1 amide bonds. The monoisotopic (exact) mass is 229 g/mol. The lowest BCUT2D eigenvalue weighted by atomic mass is 10.1. The largest absolute Gasteiger partial charge is 0.393 e. The van der Waals surface area contributed by atoms with Crippen LogP contribution in [-0.4, -0.2) is 23.7 Å². The van der Waals surface area contributed by atoms with Gasteiger partial charge in [0.2, 0.25) is 5.91 Å². The third-order valence-corrected chi connectivity index (χ3v) is 2.78. The maximum Gasteiger partial charge on any atom is 0.219 e. The minimum absolute atomic E-state index is 0.125. The maximum atomic E-state index is 11.4. The third-order valence-electron chi connectivity index (χ3n) is 2.78. The van der Waals surface area contributed by atoms with Crippen LogP contribution >= 0.6 is 0 Å². The van der Waals surface area contributed by atoms with E-state index in [1.807, 2.05) is 6.92 Å². The first-order chi connectivity index (χ1) is 7.70. The summed E-state index contributed by atoms with van der Waals surface area (Å²) in [6.07, 6.45) is 7.66. The van der Waals surface area contributed by atoms with Crippen LogP contribution in [0.25, 0.3) is 0 Å². The van der Waals surface area contributed by atoms with Crippen LogP contribution in [0.4, 0.5) is 0 Å². The summed E-state index contributed by atoms with van der Waals surface area (Å²) < 4.78 is 0. The second kappa shape index (κ2) is 10.9. The van der Waals surface area contributed by atoms with Crippen molar-refractivity contribution in [3.8, 4) is 0 Å². The van der Waals surface area contributed by atoms with Crippen molar-refractivity contribution in [1.82, 2.24) is 5.32 Å². The molecule has 0 aliphatic heterocycles. The molecule has 3 nitrogen and oxygen atoms in total. The Hall–Kier alpha value is -0.570. The van der Waals surface area contributed by atoms with E-state index < -0.39 is 0 Å². The summed E-state index contributed by atoms with van der Waals surface area (Å²) in [6.45, 7) is 4.73. The summed E-state index contributed by atoms with van der Waals surface area (Å²) in [5.41, 5.74) is 0. The third kappa shape index (κ3) is 9.97. The van der Waals surface area contributed by atoms with Crippen LogP contribution in [0.1, 0.15) is 65.2 Å². The Bertz CT molecular complexity index is 171. The summed E-state index contributed by atoms with van der Waals surface area (Å²) in [7, 11) is 0. The zero-order valence-electron chi connectivity index (χ0n) is 10.8. The zero-order chi connectivity index (χ0) is 12.2. The molecule has 0 saturated heterocycles. The summed E-state index contributed by atoms with van der Waals surface area (Å²) in [6, 6.07) is 0. The Morgan fingerprint density at radius 3 is 2.50 bits per heavy atom. The van der Waals surface area contributed by atoms with Gasteiger partial charge in [0.25, 0.3) is 0 Å². The van der Waals surface area contributed by atoms with Crippen LogP contribution in [0, 0.1) is 0 Å². The molecule has 16 heavy (non-hydrogen) atoms. The molecule has 0 rings (SSSR count). The molecule has 0 aliphatic rings. The van der Waals surface area contributed by atoms with Crippen LogP contribution in [0.2, 0.25) is 0 Å². The van der Waals surface area contributed by atoms with Gasteiger partial charge in [0, 0.05) is 13.0 Å². The predicted molar refractivity (Wildman–Crippen MR) is 67.3 cm³/mol. The van der Waals surface area contributed by atoms with E-state index in [0.29, 0.717) is 19.4 Å². The second-order valence-corrected chi connectivity index (χ2v) is 4.36. The van der Waals surface area contributed by atoms with E-state index in [4.69, 9.17) is 0 Å². The Balaban J connectivity index is 3.24. The molecular formula is C13H27NO2. The van der Waals surface area contributed by atoms with Crippen molar-refractivity contribution in [2.75, 3.05) is 6.54 Å². The average molecular weight is 229 g/mol. The minimum atomic E-state index is -0.273. The highest BCUT2D eigenvalue weighted by Gasteiger charge is 2.03. The minimum Gasteiger partial charge on any atom is -0.393 e. The predicted octanol–water partition coefficient (Wildman–Crippen LogP) is 2.62. The summed E-state index contributed by atoms with van der Waals surface area (Å²) in [4.78, 5) is 11.4. The van der Waals surface area contributed by atoms with Crippen molar-refractivity contribution < 1.29 is 9.90 Å². The fourth-order valence-electron chi connectivity index (χ4n) is 1.56. The van der Waals surface area contributed by atoms with Crippen molar-refractivity contribution in [1.29, 1.82) is 0 Å². The normalized spacial score (nSPS) is 12.4. The van der Waals surface area contributed by atoms with Gasteiger partial charge in [0.1, 0.15) is 0 Å². The fraction of sp³-hybridized carbons (Fsp3) is 0.923. The fourth-order valence-corrected chi connectivity index (χ4v) is 1.56. The molecule has 0 bridgehead atoms. The maximum absolute atomic E-state index is 11.4. The van der Waals surface area contributed by atoms with Gasteiger partial charge in [-0.25, -0.2) is 0 Å². The Morgan fingerprint density at radius 1 is 1.19 bits per heavy atom. The summed E-state index contributed by atoms with van der Waals surface area (Å²) >= 11 is 0. The number of aliphatic hydroxyl groups is 1. The number of amides is 1. The standard InChI is InChI=1S/C13H27NO2/c1-3-5-6-7-8-9-13(16)14-11-10-12(15)4-2/h12,15H,3-11H2,1-2H3,(H,14,16). The number of carbonyl (C=O) groups is 1. The number of hydrogen-bond acceptors (Lipinski definition) is 2. The van der Waals surface area contributed by atoms with E-state index in [9.17, 15) is 9.90 Å². The van der Waals surface area contributed by atoms with Gasteiger partial charge in [0.15, 0.2) is 0 Å². The number of nitrogens with one attached hydrogen (secondary N) is 1. The molecule has 0 saturated carbocycles. The highest BCUT2D eigenvalue weighted by molar-refractivity contribution is 5.75. The van der Waals surface area contributed by atoms with Crippen LogP contribution in [-0.2, 0) is 4.79 Å². The second-order valence-electron chi connectivity index (χ2n) is 4.36. The lowest BCUT2D eigenvalue weighted by Gasteiger charge is -2.08. The van der Waals surface area contributed by atoms with Gasteiger partial charge in [0.05, 0.1) is 6.10 Å².